The average molecular weight is 325 g/mol. The summed E-state index contributed by atoms with van der Waals surface area (Å²) in [5.74, 6) is -0.0486. The highest BCUT2D eigenvalue weighted by molar-refractivity contribution is 9.10. The lowest BCUT2D eigenvalue weighted by molar-refractivity contribution is -0.129. The third-order valence-corrected chi connectivity index (χ3v) is 3.77. The zero-order valence-corrected chi connectivity index (χ0v) is 12.6. The Hall–Kier alpha value is -1.36. The van der Waals surface area contributed by atoms with Crippen LogP contribution in [0.5, 0.6) is 0 Å². The third kappa shape index (κ3) is 2.97. The minimum atomic E-state index is -0.384. The summed E-state index contributed by atoms with van der Waals surface area (Å²) in [6.45, 7) is 4.99. The van der Waals surface area contributed by atoms with Gasteiger partial charge in [0.15, 0.2) is 0 Å². The van der Waals surface area contributed by atoms with Gasteiger partial charge in [0.25, 0.3) is 5.91 Å². The van der Waals surface area contributed by atoms with Crippen molar-refractivity contribution in [2.45, 2.75) is 19.9 Å². The average Bonchev–Trinajstić information content (AvgIpc) is 2.38. The highest BCUT2D eigenvalue weighted by atomic mass is 79.9. The lowest BCUT2D eigenvalue weighted by Gasteiger charge is -2.37. The first-order chi connectivity index (χ1) is 9.00. The van der Waals surface area contributed by atoms with E-state index in [0.717, 1.165) is 4.47 Å². The first kappa shape index (κ1) is 14.1. The number of amides is 2. The molecule has 0 bridgehead atoms. The van der Waals surface area contributed by atoms with E-state index >= 15 is 0 Å². The largest absolute Gasteiger partial charge is 0.353 e. The van der Waals surface area contributed by atoms with Crippen LogP contribution in [-0.4, -0.2) is 35.8 Å². The molecule has 1 aromatic carbocycles. The monoisotopic (exact) mass is 324 g/mol. The van der Waals surface area contributed by atoms with E-state index in [1.807, 2.05) is 26.0 Å². The number of hydrogen-bond acceptors (Lipinski definition) is 2. The topological polar surface area (TPSA) is 49.4 Å². The van der Waals surface area contributed by atoms with Crippen LogP contribution in [0.3, 0.4) is 0 Å². The number of halogens is 1. The summed E-state index contributed by atoms with van der Waals surface area (Å²) in [7, 11) is 0. The summed E-state index contributed by atoms with van der Waals surface area (Å²) in [4.78, 5) is 26.1. The Bertz CT molecular complexity index is 485. The summed E-state index contributed by atoms with van der Waals surface area (Å²) >= 11 is 3.35. The van der Waals surface area contributed by atoms with E-state index in [4.69, 9.17) is 0 Å². The molecule has 4 nitrogen and oxygen atoms in total. The van der Waals surface area contributed by atoms with Gasteiger partial charge in [0.2, 0.25) is 5.91 Å². The lowest BCUT2D eigenvalue weighted by Crippen LogP contribution is -2.59. The molecule has 0 spiro atoms. The van der Waals surface area contributed by atoms with Gasteiger partial charge in [-0.1, -0.05) is 29.8 Å². The molecular weight excluding hydrogens is 308 g/mol. The van der Waals surface area contributed by atoms with Crippen molar-refractivity contribution in [3.8, 4) is 0 Å². The number of carbonyl (C=O) groups excluding carboxylic acids is 2. The summed E-state index contributed by atoms with van der Waals surface area (Å²) in [5, 5.41) is 2.82. The van der Waals surface area contributed by atoms with E-state index in [2.05, 4.69) is 21.2 Å². The molecule has 5 heteroatoms. The number of piperazine rings is 1. The van der Waals surface area contributed by atoms with Crippen molar-refractivity contribution in [3.05, 3.63) is 34.3 Å². The van der Waals surface area contributed by atoms with E-state index in [0.29, 0.717) is 18.7 Å². The van der Waals surface area contributed by atoms with Crippen molar-refractivity contribution in [1.82, 2.24) is 10.2 Å². The number of nitrogens with zero attached hydrogens (tertiary/aromatic N) is 1. The highest BCUT2D eigenvalue weighted by Gasteiger charge is 2.35. The predicted octanol–water partition coefficient (Wildman–Crippen LogP) is 2.05. The van der Waals surface area contributed by atoms with Crippen LogP contribution in [0.25, 0.3) is 0 Å². The molecule has 2 amide bonds. The number of nitrogens with one attached hydrogen (secondary N) is 1. The van der Waals surface area contributed by atoms with Gasteiger partial charge in [-0.2, -0.15) is 0 Å². The van der Waals surface area contributed by atoms with Crippen LogP contribution >= 0.6 is 15.9 Å². The van der Waals surface area contributed by atoms with Gasteiger partial charge in [0.1, 0.15) is 6.04 Å². The molecular formula is C14H17BrN2O2. The fourth-order valence-corrected chi connectivity index (χ4v) is 2.60. The van der Waals surface area contributed by atoms with Crippen molar-refractivity contribution in [2.75, 3.05) is 13.1 Å². The molecule has 1 aliphatic heterocycles. The summed E-state index contributed by atoms with van der Waals surface area (Å²) in [6.07, 6.45) is 0. The summed E-state index contributed by atoms with van der Waals surface area (Å²) in [6, 6.07) is 6.83. The molecule has 1 heterocycles. The Morgan fingerprint density at radius 1 is 1.37 bits per heavy atom. The molecule has 2 rings (SSSR count). The number of benzene rings is 1. The van der Waals surface area contributed by atoms with Crippen molar-refractivity contribution in [3.63, 3.8) is 0 Å². The lowest BCUT2D eigenvalue weighted by atomic mass is 9.98. The molecule has 1 atom stereocenters. The Labute approximate surface area is 121 Å². The second-order valence-corrected chi connectivity index (χ2v) is 5.90. The first-order valence-corrected chi connectivity index (χ1v) is 7.14. The van der Waals surface area contributed by atoms with E-state index < -0.39 is 0 Å². The Kier molecular flexibility index (Phi) is 4.24. The van der Waals surface area contributed by atoms with Crippen LogP contribution in [0.4, 0.5) is 0 Å². The summed E-state index contributed by atoms with van der Waals surface area (Å²) in [5.41, 5.74) is 0.614. The maximum atomic E-state index is 12.5. The Balaban J connectivity index is 2.25. The van der Waals surface area contributed by atoms with Gasteiger partial charge in [0.05, 0.1) is 0 Å². The molecule has 0 aliphatic carbocycles. The van der Waals surface area contributed by atoms with E-state index in [1.54, 1.807) is 17.0 Å². The number of carbonyl (C=O) groups is 2. The van der Waals surface area contributed by atoms with E-state index in [-0.39, 0.29) is 23.8 Å². The van der Waals surface area contributed by atoms with Crippen LogP contribution in [0.2, 0.25) is 0 Å². The van der Waals surface area contributed by atoms with Crippen LogP contribution in [0.1, 0.15) is 24.2 Å². The standard InChI is InChI=1S/C14H17BrN2O2/c1-9(2)12-13(18)16-7-8-17(12)14(19)10-3-5-11(15)6-4-10/h3-6,9,12H,7-8H2,1-2H3,(H,16,18). The van der Waals surface area contributed by atoms with E-state index in [1.165, 1.54) is 0 Å². The highest BCUT2D eigenvalue weighted by Crippen LogP contribution is 2.18. The van der Waals surface area contributed by atoms with Crippen molar-refractivity contribution < 1.29 is 9.59 Å². The van der Waals surface area contributed by atoms with Crippen LogP contribution in [0.15, 0.2) is 28.7 Å². The van der Waals surface area contributed by atoms with Crippen LogP contribution in [0, 0.1) is 5.92 Å². The van der Waals surface area contributed by atoms with Gasteiger partial charge in [-0.25, -0.2) is 0 Å². The van der Waals surface area contributed by atoms with Gasteiger partial charge >= 0.3 is 0 Å². The third-order valence-electron chi connectivity index (χ3n) is 3.24. The molecule has 19 heavy (non-hydrogen) atoms. The van der Waals surface area contributed by atoms with Crippen LogP contribution in [-0.2, 0) is 4.79 Å². The molecule has 1 unspecified atom stereocenters. The maximum Gasteiger partial charge on any atom is 0.254 e. The molecule has 1 saturated heterocycles. The molecule has 102 valence electrons. The van der Waals surface area contributed by atoms with Crippen LogP contribution < -0.4 is 5.32 Å². The molecule has 0 radical (unpaired) electrons. The van der Waals surface area contributed by atoms with Gasteiger partial charge < -0.3 is 10.2 Å². The van der Waals surface area contributed by atoms with Crippen molar-refractivity contribution in [2.24, 2.45) is 5.92 Å². The molecule has 1 fully saturated rings. The second-order valence-electron chi connectivity index (χ2n) is 4.99. The van der Waals surface area contributed by atoms with Gasteiger partial charge in [-0.05, 0) is 30.2 Å². The van der Waals surface area contributed by atoms with Gasteiger partial charge in [-0.3, -0.25) is 9.59 Å². The quantitative estimate of drug-likeness (QED) is 0.905. The van der Waals surface area contributed by atoms with Crippen molar-refractivity contribution in [1.29, 1.82) is 0 Å². The molecule has 0 saturated carbocycles. The maximum absolute atomic E-state index is 12.5. The van der Waals surface area contributed by atoms with Gasteiger partial charge in [-0.15, -0.1) is 0 Å². The Morgan fingerprint density at radius 3 is 2.58 bits per heavy atom. The smallest absolute Gasteiger partial charge is 0.254 e. The molecule has 1 aliphatic rings. The fraction of sp³-hybridized carbons (Fsp3) is 0.429. The van der Waals surface area contributed by atoms with Gasteiger partial charge in [0, 0.05) is 23.1 Å². The van der Waals surface area contributed by atoms with Crippen molar-refractivity contribution >= 4 is 27.7 Å². The number of rotatable bonds is 2. The summed E-state index contributed by atoms with van der Waals surface area (Å²) < 4.78 is 0.931. The molecule has 0 aromatic heterocycles. The number of hydrogen-bond donors (Lipinski definition) is 1. The fourth-order valence-electron chi connectivity index (χ4n) is 2.33. The zero-order valence-electron chi connectivity index (χ0n) is 11.0. The SMILES string of the molecule is CC(C)C1C(=O)NCCN1C(=O)c1ccc(Br)cc1. The normalized spacial score (nSPS) is 19.5. The van der Waals surface area contributed by atoms with E-state index in [9.17, 15) is 9.59 Å². The molecule has 1 N–H and O–H groups in total. The predicted molar refractivity (Wildman–Crippen MR) is 76.8 cm³/mol. The molecule has 1 aromatic rings. The zero-order chi connectivity index (χ0) is 14.0. The minimum absolute atomic E-state index is 0.0632. The Morgan fingerprint density at radius 2 is 2.00 bits per heavy atom. The first-order valence-electron chi connectivity index (χ1n) is 6.35. The second kappa shape index (κ2) is 5.74. The minimum Gasteiger partial charge on any atom is -0.353 e.